The second-order valence-corrected chi connectivity index (χ2v) is 9.36. The minimum atomic E-state index is -0.488. The number of carbonyl (C=O) groups excluding carboxylic acids is 2. The first-order valence-corrected chi connectivity index (χ1v) is 12.5. The second kappa shape index (κ2) is 12.0. The summed E-state index contributed by atoms with van der Waals surface area (Å²) in [5, 5.41) is 2.04. The SMILES string of the molecule is COCCCN(CC(=O)N1CCc2sccc2[C@H]1COc1ccccc1)C(=O)c1cccc(F)c1. The summed E-state index contributed by atoms with van der Waals surface area (Å²) >= 11 is 1.69. The van der Waals surface area contributed by atoms with Crippen LogP contribution in [-0.2, 0) is 16.0 Å². The first-order chi connectivity index (χ1) is 17.1. The highest BCUT2D eigenvalue weighted by atomic mass is 32.1. The van der Waals surface area contributed by atoms with E-state index >= 15 is 0 Å². The maximum Gasteiger partial charge on any atom is 0.254 e. The van der Waals surface area contributed by atoms with Crippen LogP contribution in [0.15, 0.2) is 66.0 Å². The molecule has 1 aromatic heterocycles. The van der Waals surface area contributed by atoms with Gasteiger partial charge in [-0.3, -0.25) is 9.59 Å². The van der Waals surface area contributed by atoms with Gasteiger partial charge in [0.15, 0.2) is 0 Å². The molecule has 3 aromatic rings. The Kier molecular flexibility index (Phi) is 8.50. The summed E-state index contributed by atoms with van der Waals surface area (Å²) in [6.45, 7) is 1.56. The molecule has 2 aromatic carbocycles. The predicted molar refractivity (Wildman–Crippen MR) is 133 cm³/mol. The van der Waals surface area contributed by atoms with Gasteiger partial charge in [0.25, 0.3) is 5.91 Å². The fourth-order valence-electron chi connectivity index (χ4n) is 4.28. The molecule has 0 aliphatic carbocycles. The summed E-state index contributed by atoms with van der Waals surface area (Å²) in [7, 11) is 1.59. The lowest BCUT2D eigenvalue weighted by molar-refractivity contribution is -0.135. The van der Waals surface area contributed by atoms with Crippen LogP contribution in [0.3, 0.4) is 0 Å². The zero-order chi connectivity index (χ0) is 24.6. The Morgan fingerprint density at radius 2 is 1.97 bits per heavy atom. The van der Waals surface area contributed by atoms with Crippen molar-refractivity contribution in [3.05, 3.63) is 87.9 Å². The smallest absolute Gasteiger partial charge is 0.254 e. The third-order valence-electron chi connectivity index (χ3n) is 6.03. The normalized spacial score (nSPS) is 14.9. The molecule has 1 aliphatic rings. The number of fused-ring (bicyclic) bond motifs is 1. The molecule has 6 nitrogen and oxygen atoms in total. The highest BCUT2D eigenvalue weighted by molar-refractivity contribution is 7.10. The van der Waals surface area contributed by atoms with Crippen LogP contribution < -0.4 is 4.74 Å². The molecule has 1 aliphatic heterocycles. The third kappa shape index (κ3) is 6.26. The number of halogens is 1. The van der Waals surface area contributed by atoms with Crippen molar-refractivity contribution in [3.8, 4) is 5.75 Å². The Morgan fingerprint density at radius 3 is 2.74 bits per heavy atom. The average molecular weight is 497 g/mol. The van der Waals surface area contributed by atoms with Crippen LogP contribution in [-0.4, -0.2) is 61.6 Å². The summed E-state index contributed by atoms with van der Waals surface area (Å²) in [5.74, 6) is -0.284. The first kappa shape index (κ1) is 24.9. The summed E-state index contributed by atoms with van der Waals surface area (Å²) in [5.41, 5.74) is 1.31. The van der Waals surface area contributed by atoms with Gasteiger partial charge in [0.1, 0.15) is 24.7 Å². The van der Waals surface area contributed by atoms with Crippen molar-refractivity contribution in [2.45, 2.75) is 18.9 Å². The van der Waals surface area contributed by atoms with Crippen LogP contribution in [0.2, 0.25) is 0 Å². The van der Waals surface area contributed by atoms with Gasteiger partial charge in [0.2, 0.25) is 5.91 Å². The van der Waals surface area contributed by atoms with Crippen LogP contribution in [0.5, 0.6) is 5.75 Å². The van der Waals surface area contributed by atoms with Crippen LogP contribution in [0.1, 0.15) is 33.3 Å². The van der Waals surface area contributed by atoms with E-state index in [-0.39, 0.29) is 30.0 Å². The number of thiophene rings is 1. The van der Waals surface area contributed by atoms with E-state index in [1.807, 2.05) is 41.8 Å². The number of benzene rings is 2. The minimum Gasteiger partial charge on any atom is -0.491 e. The highest BCUT2D eigenvalue weighted by Crippen LogP contribution is 2.34. The molecular weight excluding hydrogens is 467 g/mol. The van der Waals surface area contributed by atoms with Gasteiger partial charge in [-0.1, -0.05) is 24.3 Å². The first-order valence-electron chi connectivity index (χ1n) is 11.6. The molecule has 1 atom stereocenters. The molecule has 0 spiro atoms. The fraction of sp³-hybridized carbons (Fsp3) is 0.333. The maximum absolute atomic E-state index is 13.8. The van der Waals surface area contributed by atoms with Crippen molar-refractivity contribution in [1.82, 2.24) is 9.80 Å². The molecule has 2 heterocycles. The topological polar surface area (TPSA) is 59.1 Å². The third-order valence-corrected chi connectivity index (χ3v) is 7.02. The minimum absolute atomic E-state index is 0.0969. The summed E-state index contributed by atoms with van der Waals surface area (Å²) in [6, 6.07) is 16.9. The number of carbonyl (C=O) groups is 2. The summed E-state index contributed by atoms with van der Waals surface area (Å²) in [4.78, 5) is 31.3. The van der Waals surface area contributed by atoms with E-state index in [4.69, 9.17) is 9.47 Å². The van der Waals surface area contributed by atoms with E-state index in [1.165, 1.54) is 28.0 Å². The lowest BCUT2D eigenvalue weighted by Gasteiger charge is -2.37. The van der Waals surface area contributed by atoms with E-state index in [2.05, 4.69) is 0 Å². The van der Waals surface area contributed by atoms with Gasteiger partial charge in [0.05, 0.1) is 6.04 Å². The average Bonchev–Trinajstić information content (AvgIpc) is 3.36. The lowest BCUT2D eigenvalue weighted by Crippen LogP contribution is -2.48. The molecule has 0 bridgehead atoms. The highest BCUT2D eigenvalue weighted by Gasteiger charge is 2.33. The molecule has 4 rings (SSSR count). The van der Waals surface area contributed by atoms with Crippen LogP contribution in [0.4, 0.5) is 4.39 Å². The predicted octanol–water partition coefficient (Wildman–Crippen LogP) is 4.57. The quantitative estimate of drug-likeness (QED) is 0.386. The van der Waals surface area contributed by atoms with Crippen LogP contribution in [0, 0.1) is 5.82 Å². The van der Waals surface area contributed by atoms with Gasteiger partial charge < -0.3 is 19.3 Å². The molecule has 0 saturated heterocycles. The fourth-order valence-corrected chi connectivity index (χ4v) is 5.21. The lowest BCUT2D eigenvalue weighted by atomic mass is 10.0. The number of amides is 2. The van der Waals surface area contributed by atoms with Gasteiger partial charge in [0, 0.05) is 37.2 Å². The Morgan fingerprint density at radius 1 is 1.14 bits per heavy atom. The largest absolute Gasteiger partial charge is 0.491 e. The van der Waals surface area contributed by atoms with E-state index in [0.29, 0.717) is 32.7 Å². The van der Waals surface area contributed by atoms with Crippen molar-refractivity contribution >= 4 is 23.2 Å². The molecule has 0 saturated carbocycles. The number of ether oxygens (including phenoxy) is 2. The Labute approximate surface area is 208 Å². The van der Waals surface area contributed by atoms with E-state index in [0.717, 1.165) is 17.7 Å². The van der Waals surface area contributed by atoms with Crippen molar-refractivity contribution in [2.75, 3.05) is 40.0 Å². The van der Waals surface area contributed by atoms with E-state index < -0.39 is 5.82 Å². The second-order valence-electron chi connectivity index (χ2n) is 8.36. The van der Waals surface area contributed by atoms with Gasteiger partial charge >= 0.3 is 0 Å². The number of methoxy groups -OCH3 is 1. The number of hydrogen-bond donors (Lipinski definition) is 0. The molecule has 8 heteroatoms. The number of rotatable bonds is 10. The summed E-state index contributed by atoms with van der Waals surface area (Å²) < 4.78 is 24.9. The number of para-hydroxylation sites is 1. The number of nitrogens with zero attached hydrogens (tertiary/aromatic N) is 2. The van der Waals surface area contributed by atoms with Crippen LogP contribution >= 0.6 is 11.3 Å². The monoisotopic (exact) mass is 496 g/mol. The van der Waals surface area contributed by atoms with Crippen molar-refractivity contribution in [2.24, 2.45) is 0 Å². The standard InChI is InChI=1S/C27H29FN2O4S/c1-33-15-6-13-29(27(32)20-7-5-8-21(28)17-20)18-26(31)30-14-11-25-23(12-16-35-25)24(30)19-34-22-9-3-2-4-10-22/h2-5,7-10,12,16-17,24H,6,11,13-15,18-19H2,1H3/t24-/m1/s1. The molecule has 0 N–H and O–H groups in total. The molecule has 184 valence electrons. The molecule has 2 amide bonds. The molecular formula is C27H29FN2O4S. The molecule has 0 unspecified atom stereocenters. The van der Waals surface area contributed by atoms with Crippen molar-refractivity contribution < 1.29 is 23.5 Å². The van der Waals surface area contributed by atoms with E-state index in [9.17, 15) is 14.0 Å². The van der Waals surface area contributed by atoms with Crippen molar-refractivity contribution in [3.63, 3.8) is 0 Å². The molecule has 35 heavy (non-hydrogen) atoms. The maximum atomic E-state index is 13.8. The zero-order valence-electron chi connectivity index (χ0n) is 19.7. The molecule has 0 fully saturated rings. The van der Waals surface area contributed by atoms with Crippen LogP contribution in [0.25, 0.3) is 0 Å². The van der Waals surface area contributed by atoms with E-state index in [1.54, 1.807) is 29.4 Å². The zero-order valence-corrected chi connectivity index (χ0v) is 20.5. The Balaban J connectivity index is 1.52. The van der Waals surface area contributed by atoms with Crippen molar-refractivity contribution in [1.29, 1.82) is 0 Å². The number of hydrogen-bond acceptors (Lipinski definition) is 5. The van der Waals surface area contributed by atoms with Gasteiger partial charge in [-0.05, 0) is 60.2 Å². The Bertz CT molecular complexity index is 1140. The summed E-state index contributed by atoms with van der Waals surface area (Å²) in [6.07, 6.45) is 1.34. The Hall–Kier alpha value is -3.23. The van der Waals surface area contributed by atoms with Gasteiger partial charge in [-0.25, -0.2) is 4.39 Å². The van der Waals surface area contributed by atoms with Gasteiger partial charge in [-0.15, -0.1) is 11.3 Å². The van der Waals surface area contributed by atoms with Gasteiger partial charge in [-0.2, -0.15) is 0 Å². The molecule has 0 radical (unpaired) electrons.